The largest absolute Gasteiger partial charge is 0.335 e. The molecule has 1 rings (SSSR count). The summed E-state index contributed by atoms with van der Waals surface area (Å²) in [5.74, 6) is 6.79. The molecule has 0 saturated carbocycles. The van der Waals surface area contributed by atoms with Crippen molar-refractivity contribution in [2.24, 2.45) is 5.84 Å². The van der Waals surface area contributed by atoms with Crippen LogP contribution in [0.4, 0.5) is 0 Å². The van der Waals surface area contributed by atoms with E-state index in [9.17, 15) is 0 Å². The molecule has 0 aliphatic heterocycles. The number of nitrogens with one attached hydrogen (secondary N) is 1. The van der Waals surface area contributed by atoms with E-state index in [1.807, 2.05) is 12.4 Å². The summed E-state index contributed by atoms with van der Waals surface area (Å²) in [4.78, 5) is 4.41. The second-order valence-electron chi connectivity index (χ2n) is 5.25. The Balaban J connectivity index is 2.22. The SMILES string of the molecule is CCCCCCCCC(Cc1nccn1CC)NN. The molecule has 0 amide bonds. The zero-order valence-electron chi connectivity index (χ0n) is 12.6. The monoisotopic (exact) mass is 266 g/mol. The number of unbranched alkanes of at least 4 members (excludes halogenated alkanes) is 5. The first-order valence-electron chi connectivity index (χ1n) is 7.77. The van der Waals surface area contributed by atoms with Crippen molar-refractivity contribution >= 4 is 0 Å². The maximum absolute atomic E-state index is 5.66. The van der Waals surface area contributed by atoms with Crippen molar-refractivity contribution in [1.82, 2.24) is 15.0 Å². The molecule has 0 spiro atoms. The van der Waals surface area contributed by atoms with Crippen molar-refractivity contribution in [2.75, 3.05) is 0 Å². The average Bonchev–Trinajstić information content (AvgIpc) is 2.88. The molecule has 0 aromatic carbocycles. The Kier molecular flexibility index (Phi) is 8.50. The third-order valence-electron chi connectivity index (χ3n) is 3.71. The minimum atomic E-state index is 0.346. The minimum absolute atomic E-state index is 0.346. The van der Waals surface area contributed by atoms with Gasteiger partial charge < -0.3 is 4.57 Å². The highest BCUT2D eigenvalue weighted by Gasteiger charge is 2.11. The lowest BCUT2D eigenvalue weighted by atomic mass is 10.0. The fourth-order valence-corrected chi connectivity index (χ4v) is 2.45. The molecule has 1 atom stereocenters. The van der Waals surface area contributed by atoms with Crippen LogP contribution in [0.1, 0.15) is 64.6 Å². The van der Waals surface area contributed by atoms with E-state index in [-0.39, 0.29) is 0 Å². The van der Waals surface area contributed by atoms with Crippen molar-refractivity contribution in [1.29, 1.82) is 0 Å². The number of nitrogens with two attached hydrogens (primary N) is 1. The van der Waals surface area contributed by atoms with Gasteiger partial charge in [-0.2, -0.15) is 0 Å². The fraction of sp³-hybridized carbons (Fsp3) is 0.800. The third kappa shape index (κ3) is 6.21. The van der Waals surface area contributed by atoms with Crippen molar-refractivity contribution in [3.05, 3.63) is 18.2 Å². The van der Waals surface area contributed by atoms with Gasteiger partial charge in [-0.1, -0.05) is 45.4 Å². The highest BCUT2D eigenvalue weighted by atomic mass is 15.2. The quantitative estimate of drug-likeness (QED) is 0.368. The first-order valence-corrected chi connectivity index (χ1v) is 7.77. The second kappa shape index (κ2) is 9.98. The number of aromatic nitrogens is 2. The number of hydrazine groups is 1. The van der Waals surface area contributed by atoms with Gasteiger partial charge in [-0.15, -0.1) is 0 Å². The second-order valence-corrected chi connectivity index (χ2v) is 5.25. The molecule has 0 aliphatic rings. The number of rotatable bonds is 11. The zero-order valence-corrected chi connectivity index (χ0v) is 12.6. The first kappa shape index (κ1) is 16.2. The molecule has 110 valence electrons. The van der Waals surface area contributed by atoms with Crippen LogP contribution in [0, 0.1) is 0 Å². The molecule has 0 bridgehead atoms. The van der Waals surface area contributed by atoms with Gasteiger partial charge in [0.1, 0.15) is 5.82 Å². The summed E-state index contributed by atoms with van der Waals surface area (Å²) in [5.41, 5.74) is 2.94. The number of hydrogen-bond donors (Lipinski definition) is 2. The molecule has 1 aromatic heterocycles. The topological polar surface area (TPSA) is 55.9 Å². The molecule has 4 nitrogen and oxygen atoms in total. The smallest absolute Gasteiger partial charge is 0.110 e. The van der Waals surface area contributed by atoms with Gasteiger partial charge in [0.25, 0.3) is 0 Å². The van der Waals surface area contributed by atoms with Crippen LogP contribution in [0.15, 0.2) is 12.4 Å². The lowest BCUT2D eigenvalue weighted by molar-refractivity contribution is 0.446. The molecule has 4 heteroatoms. The van der Waals surface area contributed by atoms with E-state index in [1.165, 1.54) is 38.5 Å². The molecule has 1 aromatic rings. The van der Waals surface area contributed by atoms with E-state index in [0.29, 0.717) is 6.04 Å². The summed E-state index contributed by atoms with van der Waals surface area (Å²) in [6.45, 7) is 5.37. The van der Waals surface area contributed by atoms with Gasteiger partial charge in [0.15, 0.2) is 0 Å². The molecule has 0 fully saturated rings. The summed E-state index contributed by atoms with van der Waals surface area (Å²) >= 11 is 0. The molecule has 0 saturated heterocycles. The Morgan fingerprint density at radius 3 is 2.63 bits per heavy atom. The van der Waals surface area contributed by atoms with Crippen LogP contribution in [0.3, 0.4) is 0 Å². The summed E-state index contributed by atoms with van der Waals surface area (Å²) < 4.78 is 2.19. The van der Waals surface area contributed by atoms with Gasteiger partial charge in [0.2, 0.25) is 0 Å². The van der Waals surface area contributed by atoms with Crippen LogP contribution in [-0.2, 0) is 13.0 Å². The lowest BCUT2D eigenvalue weighted by Crippen LogP contribution is -2.37. The Hall–Kier alpha value is -0.870. The van der Waals surface area contributed by atoms with Crippen LogP contribution in [0.25, 0.3) is 0 Å². The summed E-state index contributed by atoms with van der Waals surface area (Å²) in [6.07, 6.45) is 14.0. The van der Waals surface area contributed by atoms with E-state index in [2.05, 4.69) is 28.8 Å². The number of hydrogen-bond acceptors (Lipinski definition) is 3. The normalized spacial score (nSPS) is 12.8. The maximum Gasteiger partial charge on any atom is 0.110 e. The summed E-state index contributed by atoms with van der Waals surface area (Å²) in [5, 5.41) is 0. The molecule has 0 aliphatic carbocycles. The Morgan fingerprint density at radius 2 is 1.95 bits per heavy atom. The van der Waals surface area contributed by atoms with Gasteiger partial charge in [0, 0.05) is 31.4 Å². The van der Waals surface area contributed by atoms with Gasteiger partial charge in [-0.05, 0) is 13.3 Å². The fourth-order valence-electron chi connectivity index (χ4n) is 2.45. The molecule has 0 radical (unpaired) electrons. The molecule has 3 N–H and O–H groups in total. The van der Waals surface area contributed by atoms with E-state index in [1.54, 1.807) is 0 Å². The van der Waals surface area contributed by atoms with Crippen LogP contribution in [0.2, 0.25) is 0 Å². The van der Waals surface area contributed by atoms with E-state index in [0.717, 1.165) is 25.2 Å². The van der Waals surface area contributed by atoms with E-state index >= 15 is 0 Å². The summed E-state index contributed by atoms with van der Waals surface area (Å²) in [7, 11) is 0. The van der Waals surface area contributed by atoms with Crippen LogP contribution in [0.5, 0.6) is 0 Å². The lowest BCUT2D eigenvalue weighted by Gasteiger charge is -2.16. The Bertz CT molecular complexity index is 322. The molecule has 1 unspecified atom stereocenters. The van der Waals surface area contributed by atoms with Gasteiger partial charge in [-0.25, -0.2) is 4.98 Å². The van der Waals surface area contributed by atoms with Gasteiger partial charge >= 0.3 is 0 Å². The van der Waals surface area contributed by atoms with E-state index < -0.39 is 0 Å². The van der Waals surface area contributed by atoms with Crippen molar-refractivity contribution < 1.29 is 0 Å². The standard InChI is InChI=1S/C15H30N4/c1-3-5-6-7-8-9-10-14(18-16)13-15-17-11-12-19(15)4-2/h11-12,14,18H,3-10,13,16H2,1-2H3. The van der Waals surface area contributed by atoms with Crippen LogP contribution < -0.4 is 11.3 Å². The molecule has 19 heavy (non-hydrogen) atoms. The number of nitrogens with zero attached hydrogens (tertiary/aromatic N) is 2. The Morgan fingerprint density at radius 1 is 1.21 bits per heavy atom. The van der Waals surface area contributed by atoms with E-state index in [4.69, 9.17) is 5.84 Å². The van der Waals surface area contributed by atoms with Gasteiger partial charge in [0.05, 0.1) is 0 Å². The van der Waals surface area contributed by atoms with Crippen LogP contribution >= 0.6 is 0 Å². The summed E-state index contributed by atoms with van der Waals surface area (Å²) in [6, 6.07) is 0.346. The third-order valence-corrected chi connectivity index (χ3v) is 3.71. The molecular weight excluding hydrogens is 236 g/mol. The molecule has 1 heterocycles. The predicted octanol–water partition coefficient (Wildman–Crippen LogP) is 3.03. The van der Waals surface area contributed by atoms with Crippen molar-refractivity contribution in [3.63, 3.8) is 0 Å². The van der Waals surface area contributed by atoms with Crippen molar-refractivity contribution in [3.8, 4) is 0 Å². The minimum Gasteiger partial charge on any atom is -0.335 e. The number of aryl methyl sites for hydroxylation is 1. The van der Waals surface area contributed by atoms with Gasteiger partial charge in [-0.3, -0.25) is 11.3 Å². The highest BCUT2D eigenvalue weighted by Crippen LogP contribution is 2.11. The Labute approximate surface area is 117 Å². The molecular formula is C15H30N4. The van der Waals surface area contributed by atoms with Crippen molar-refractivity contribution in [2.45, 2.75) is 77.8 Å². The average molecular weight is 266 g/mol. The zero-order chi connectivity index (χ0) is 13.9. The van der Waals surface area contributed by atoms with Crippen LogP contribution in [-0.4, -0.2) is 15.6 Å². The maximum atomic E-state index is 5.66. The number of imidazole rings is 1. The highest BCUT2D eigenvalue weighted by molar-refractivity contribution is 4.95. The first-order chi connectivity index (χ1) is 9.31. The predicted molar refractivity (Wildman–Crippen MR) is 80.7 cm³/mol.